The molecule has 2 rings (SSSR count). The molecule has 104 valence electrons. The zero-order valence-electron chi connectivity index (χ0n) is 11.5. The number of benzene rings is 1. The van der Waals surface area contributed by atoms with Crippen molar-refractivity contribution in [3.63, 3.8) is 0 Å². The van der Waals surface area contributed by atoms with Gasteiger partial charge in [-0.25, -0.2) is 0 Å². The number of nitrogen functional groups attached to an aromatic ring is 1. The summed E-state index contributed by atoms with van der Waals surface area (Å²) >= 11 is 0. The van der Waals surface area contributed by atoms with E-state index in [9.17, 15) is 4.79 Å². The third kappa shape index (κ3) is 3.70. The molecular formula is C15H23N3O. The van der Waals surface area contributed by atoms with Gasteiger partial charge in [-0.3, -0.25) is 10.6 Å². The fourth-order valence-electron chi connectivity index (χ4n) is 2.76. The van der Waals surface area contributed by atoms with Crippen LogP contribution in [0.5, 0.6) is 0 Å². The average Bonchev–Trinajstić information content (AvgIpc) is 2.48. The molecule has 0 radical (unpaired) electrons. The molecule has 4 N–H and O–H groups in total. The average molecular weight is 261 g/mol. The van der Waals surface area contributed by atoms with Gasteiger partial charge < -0.3 is 10.7 Å². The molecule has 0 heterocycles. The maximum Gasteiger partial charge on any atom is 0.251 e. The van der Waals surface area contributed by atoms with Crippen LogP contribution in [0.25, 0.3) is 0 Å². The summed E-state index contributed by atoms with van der Waals surface area (Å²) < 4.78 is 0. The Hall–Kier alpha value is -1.55. The van der Waals surface area contributed by atoms with Crippen LogP contribution in [0.3, 0.4) is 0 Å². The number of amides is 1. The second-order valence-electron chi connectivity index (χ2n) is 5.38. The van der Waals surface area contributed by atoms with E-state index in [0.29, 0.717) is 11.5 Å². The fourth-order valence-corrected chi connectivity index (χ4v) is 2.76. The highest BCUT2D eigenvalue weighted by Gasteiger charge is 2.21. The summed E-state index contributed by atoms with van der Waals surface area (Å²) in [6.45, 7) is 2.11. The first-order valence-electron chi connectivity index (χ1n) is 7.08. The molecule has 1 unspecified atom stereocenters. The molecule has 1 aromatic carbocycles. The summed E-state index contributed by atoms with van der Waals surface area (Å²) in [5.74, 6) is 5.93. The second-order valence-corrected chi connectivity index (χ2v) is 5.38. The van der Waals surface area contributed by atoms with Gasteiger partial charge in [-0.05, 0) is 49.9 Å². The number of carbonyl (C=O) groups excluding carboxylic acids is 1. The molecule has 0 spiro atoms. The Labute approximate surface area is 114 Å². The van der Waals surface area contributed by atoms with Crippen LogP contribution in [-0.4, -0.2) is 11.9 Å². The number of nitrogens with two attached hydrogens (primary N) is 1. The predicted octanol–water partition coefficient (Wildman–Crippen LogP) is 2.67. The first-order valence-corrected chi connectivity index (χ1v) is 7.08. The molecule has 1 fully saturated rings. The predicted molar refractivity (Wildman–Crippen MR) is 77.8 cm³/mol. The van der Waals surface area contributed by atoms with E-state index in [1.54, 1.807) is 24.3 Å². The van der Waals surface area contributed by atoms with Crippen LogP contribution in [0, 0.1) is 5.92 Å². The number of hydrogen-bond donors (Lipinski definition) is 3. The lowest BCUT2D eigenvalue weighted by atomic mass is 9.84. The van der Waals surface area contributed by atoms with Crippen LogP contribution in [0.1, 0.15) is 49.4 Å². The lowest BCUT2D eigenvalue weighted by Gasteiger charge is -2.28. The smallest absolute Gasteiger partial charge is 0.251 e. The van der Waals surface area contributed by atoms with Crippen molar-refractivity contribution in [3.8, 4) is 0 Å². The highest BCUT2D eigenvalue weighted by atomic mass is 16.1. The van der Waals surface area contributed by atoms with Gasteiger partial charge in [0.1, 0.15) is 0 Å². The van der Waals surface area contributed by atoms with Crippen molar-refractivity contribution in [3.05, 3.63) is 29.8 Å². The fraction of sp³-hybridized carbons (Fsp3) is 0.533. The Balaban J connectivity index is 1.91. The van der Waals surface area contributed by atoms with Crippen LogP contribution >= 0.6 is 0 Å². The first-order chi connectivity index (χ1) is 9.20. The Morgan fingerprint density at radius 2 is 1.84 bits per heavy atom. The maximum atomic E-state index is 12.1. The highest BCUT2D eigenvalue weighted by molar-refractivity contribution is 5.94. The van der Waals surface area contributed by atoms with E-state index in [1.807, 2.05) is 0 Å². The number of nitrogens with one attached hydrogen (secondary N) is 2. The Kier molecular flexibility index (Phi) is 4.80. The number of rotatable bonds is 4. The molecule has 0 aliphatic heterocycles. The summed E-state index contributed by atoms with van der Waals surface area (Å²) in [5, 5.41) is 3.11. The van der Waals surface area contributed by atoms with E-state index in [2.05, 4.69) is 17.7 Å². The number of hydrazine groups is 1. The van der Waals surface area contributed by atoms with E-state index >= 15 is 0 Å². The number of carbonyl (C=O) groups is 1. The maximum absolute atomic E-state index is 12.1. The molecule has 1 amide bonds. The summed E-state index contributed by atoms with van der Waals surface area (Å²) in [6, 6.07) is 7.44. The van der Waals surface area contributed by atoms with Crippen LogP contribution in [-0.2, 0) is 0 Å². The van der Waals surface area contributed by atoms with Crippen LogP contribution < -0.4 is 16.6 Å². The molecule has 0 saturated heterocycles. The van der Waals surface area contributed by atoms with Crippen molar-refractivity contribution in [1.29, 1.82) is 0 Å². The lowest BCUT2D eigenvalue weighted by Crippen LogP contribution is -2.38. The minimum Gasteiger partial charge on any atom is -0.349 e. The van der Waals surface area contributed by atoms with Gasteiger partial charge in [-0.2, -0.15) is 0 Å². The van der Waals surface area contributed by atoms with Gasteiger partial charge in [0.15, 0.2) is 0 Å². The van der Waals surface area contributed by atoms with Gasteiger partial charge in [0, 0.05) is 17.3 Å². The van der Waals surface area contributed by atoms with E-state index < -0.39 is 0 Å². The van der Waals surface area contributed by atoms with Crippen molar-refractivity contribution in [2.75, 3.05) is 5.43 Å². The van der Waals surface area contributed by atoms with Crippen molar-refractivity contribution < 1.29 is 4.79 Å². The van der Waals surface area contributed by atoms with Gasteiger partial charge in [0.2, 0.25) is 0 Å². The highest BCUT2D eigenvalue weighted by Crippen LogP contribution is 2.26. The quantitative estimate of drug-likeness (QED) is 0.576. The largest absolute Gasteiger partial charge is 0.349 e. The molecule has 4 nitrogen and oxygen atoms in total. The van der Waals surface area contributed by atoms with Crippen molar-refractivity contribution in [2.24, 2.45) is 11.8 Å². The number of hydrogen-bond acceptors (Lipinski definition) is 3. The van der Waals surface area contributed by atoms with Crippen molar-refractivity contribution in [2.45, 2.75) is 45.1 Å². The summed E-state index contributed by atoms with van der Waals surface area (Å²) in [5.41, 5.74) is 4.04. The number of anilines is 1. The molecule has 1 atom stereocenters. The SMILES string of the molecule is CC(NC(=O)c1ccc(NN)cc1)C1CCCCC1. The standard InChI is InChI=1S/C15H23N3O/c1-11(12-5-3-2-4-6-12)17-15(19)13-7-9-14(18-16)10-8-13/h7-12,18H,2-6,16H2,1H3,(H,17,19). The summed E-state index contributed by atoms with van der Waals surface area (Å²) in [6.07, 6.45) is 6.39. The molecule has 1 aliphatic carbocycles. The van der Waals surface area contributed by atoms with Gasteiger partial charge in [-0.1, -0.05) is 19.3 Å². The normalized spacial score (nSPS) is 17.8. The van der Waals surface area contributed by atoms with E-state index in [1.165, 1.54) is 32.1 Å². The second kappa shape index (κ2) is 6.57. The third-order valence-electron chi connectivity index (χ3n) is 4.03. The van der Waals surface area contributed by atoms with E-state index in [-0.39, 0.29) is 11.9 Å². The monoisotopic (exact) mass is 261 g/mol. The summed E-state index contributed by atoms with van der Waals surface area (Å²) in [7, 11) is 0. The van der Waals surface area contributed by atoms with E-state index in [4.69, 9.17) is 5.84 Å². The van der Waals surface area contributed by atoms with Gasteiger partial charge in [0.05, 0.1) is 0 Å². The molecule has 19 heavy (non-hydrogen) atoms. The first kappa shape index (κ1) is 13.9. The van der Waals surface area contributed by atoms with Gasteiger partial charge in [0.25, 0.3) is 5.91 Å². The zero-order chi connectivity index (χ0) is 13.7. The minimum absolute atomic E-state index is 0.00152. The molecule has 1 saturated carbocycles. The Morgan fingerprint density at radius 3 is 2.42 bits per heavy atom. The van der Waals surface area contributed by atoms with Gasteiger partial charge in [-0.15, -0.1) is 0 Å². The van der Waals surface area contributed by atoms with Crippen LogP contribution in [0.4, 0.5) is 5.69 Å². The Bertz CT molecular complexity index is 410. The minimum atomic E-state index is 0.00152. The molecular weight excluding hydrogens is 238 g/mol. The molecule has 0 aromatic heterocycles. The lowest BCUT2D eigenvalue weighted by molar-refractivity contribution is 0.0919. The topological polar surface area (TPSA) is 67.2 Å². The molecule has 4 heteroatoms. The molecule has 1 aromatic rings. The van der Waals surface area contributed by atoms with Crippen molar-refractivity contribution >= 4 is 11.6 Å². The molecule has 0 bridgehead atoms. The Morgan fingerprint density at radius 1 is 1.21 bits per heavy atom. The van der Waals surface area contributed by atoms with E-state index in [0.717, 1.165) is 5.69 Å². The summed E-state index contributed by atoms with van der Waals surface area (Å²) in [4.78, 5) is 12.1. The van der Waals surface area contributed by atoms with Gasteiger partial charge >= 0.3 is 0 Å². The third-order valence-corrected chi connectivity index (χ3v) is 4.03. The zero-order valence-corrected chi connectivity index (χ0v) is 11.5. The van der Waals surface area contributed by atoms with Crippen LogP contribution in [0.15, 0.2) is 24.3 Å². The van der Waals surface area contributed by atoms with Crippen molar-refractivity contribution in [1.82, 2.24) is 5.32 Å². The van der Waals surface area contributed by atoms with Crippen LogP contribution in [0.2, 0.25) is 0 Å². The molecule has 1 aliphatic rings.